The van der Waals surface area contributed by atoms with Gasteiger partial charge >= 0.3 is 0 Å². The highest BCUT2D eigenvalue weighted by Crippen LogP contribution is 2.43. The molecule has 1 aromatic rings. The molecule has 1 aromatic carbocycles. The van der Waals surface area contributed by atoms with E-state index in [1.54, 1.807) is 0 Å². The van der Waals surface area contributed by atoms with Gasteiger partial charge in [-0.15, -0.1) is 0 Å². The average Bonchev–Trinajstić information content (AvgIpc) is 2.17. The summed E-state index contributed by atoms with van der Waals surface area (Å²) in [7, 11) is 0. The van der Waals surface area contributed by atoms with Gasteiger partial charge in [-0.25, -0.2) is 0 Å². The minimum atomic E-state index is 0.538. The highest BCUT2D eigenvalue weighted by Gasteiger charge is 2.28. The van der Waals surface area contributed by atoms with E-state index in [0.717, 1.165) is 5.92 Å². The molecule has 0 heterocycles. The molecule has 1 aliphatic carbocycles. The van der Waals surface area contributed by atoms with Crippen molar-refractivity contribution in [3.8, 4) is 0 Å². The second kappa shape index (κ2) is 4.29. The maximum atomic E-state index is 3.49. The third-order valence-electron chi connectivity index (χ3n) is 3.55. The van der Waals surface area contributed by atoms with Gasteiger partial charge in [0.05, 0.1) is 0 Å². The summed E-state index contributed by atoms with van der Waals surface area (Å²) in [5.74, 6) is 0.779. The summed E-state index contributed by atoms with van der Waals surface area (Å²) in [6, 6.07) is 8.88. The van der Waals surface area contributed by atoms with Crippen LogP contribution in [0.1, 0.15) is 51.0 Å². The first kappa shape index (κ1) is 11.2. The Labute approximate surface area is 101 Å². The molecule has 0 radical (unpaired) electrons. The number of benzene rings is 1. The molecule has 15 heavy (non-hydrogen) atoms. The molecule has 1 aliphatic rings. The Morgan fingerprint density at radius 2 is 1.87 bits per heavy atom. The SMILES string of the molecule is CC1(C)CCC[C@@H](c2ccc(Br)cc2)C1. The fraction of sp³-hybridized carbons (Fsp3) is 0.571. The fourth-order valence-corrected chi connectivity index (χ4v) is 2.98. The molecule has 0 bridgehead atoms. The summed E-state index contributed by atoms with van der Waals surface area (Å²) in [6.07, 6.45) is 5.48. The van der Waals surface area contributed by atoms with Gasteiger partial charge in [0.1, 0.15) is 0 Å². The molecular weight excluding hydrogens is 248 g/mol. The molecule has 82 valence electrons. The molecule has 0 spiro atoms. The van der Waals surface area contributed by atoms with Crippen LogP contribution in [0.25, 0.3) is 0 Å². The van der Waals surface area contributed by atoms with Gasteiger partial charge in [0.2, 0.25) is 0 Å². The Morgan fingerprint density at radius 1 is 1.20 bits per heavy atom. The van der Waals surface area contributed by atoms with E-state index in [1.165, 1.54) is 35.7 Å². The molecule has 0 unspecified atom stereocenters. The maximum Gasteiger partial charge on any atom is 0.0175 e. The van der Waals surface area contributed by atoms with Crippen molar-refractivity contribution in [2.75, 3.05) is 0 Å². The van der Waals surface area contributed by atoms with Crippen molar-refractivity contribution in [3.63, 3.8) is 0 Å². The number of hydrogen-bond acceptors (Lipinski definition) is 0. The van der Waals surface area contributed by atoms with Crippen molar-refractivity contribution in [2.24, 2.45) is 5.41 Å². The lowest BCUT2D eigenvalue weighted by Crippen LogP contribution is -2.21. The topological polar surface area (TPSA) is 0 Å². The summed E-state index contributed by atoms with van der Waals surface area (Å²) in [5.41, 5.74) is 2.06. The molecule has 2 rings (SSSR count). The first-order chi connectivity index (χ1) is 7.07. The zero-order valence-electron chi connectivity index (χ0n) is 9.59. The normalized spacial score (nSPS) is 25.1. The second-order valence-electron chi connectivity index (χ2n) is 5.51. The van der Waals surface area contributed by atoms with E-state index in [1.807, 2.05) is 0 Å². The number of halogens is 1. The van der Waals surface area contributed by atoms with Gasteiger partial charge in [-0.05, 0) is 48.3 Å². The highest BCUT2D eigenvalue weighted by molar-refractivity contribution is 9.10. The predicted octanol–water partition coefficient (Wildman–Crippen LogP) is 5.13. The molecule has 0 amide bonds. The average molecular weight is 267 g/mol. The standard InChI is InChI=1S/C14H19Br/c1-14(2)9-3-4-12(10-14)11-5-7-13(15)8-6-11/h5-8,12H,3-4,9-10H2,1-2H3/t12-/m1/s1. The minimum absolute atomic E-state index is 0.538. The van der Waals surface area contributed by atoms with Gasteiger partial charge < -0.3 is 0 Å². The van der Waals surface area contributed by atoms with Crippen LogP contribution < -0.4 is 0 Å². The van der Waals surface area contributed by atoms with Crippen LogP contribution in [0.15, 0.2) is 28.7 Å². The lowest BCUT2D eigenvalue weighted by molar-refractivity contribution is 0.219. The summed E-state index contributed by atoms with van der Waals surface area (Å²) in [6.45, 7) is 4.80. The van der Waals surface area contributed by atoms with E-state index >= 15 is 0 Å². The molecule has 0 aliphatic heterocycles. The van der Waals surface area contributed by atoms with Gasteiger partial charge in [-0.2, -0.15) is 0 Å². The lowest BCUT2D eigenvalue weighted by Gasteiger charge is -2.35. The van der Waals surface area contributed by atoms with Gasteiger partial charge in [-0.3, -0.25) is 0 Å². The maximum absolute atomic E-state index is 3.49. The molecular formula is C14H19Br. The zero-order chi connectivity index (χ0) is 10.9. The molecule has 0 nitrogen and oxygen atoms in total. The van der Waals surface area contributed by atoms with Gasteiger partial charge in [-0.1, -0.05) is 48.3 Å². The fourth-order valence-electron chi connectivity index (χ4n) is 2.72. The predicted molar refractivity (Wildman–Crippen MR) is 69.1 cm³/mol. The monoisotopic (exact) mass is 266 g/mol. The smallest absolute Gasteiger partial charge is 0.0175 e. The third kappa shape index (κ3) is 2.84. The molecule has 1 heteroatoms. The largest absolute Gasteiger partial charge is 0.0599 e. The van der Waals surface area contributed by atoms with Crippen LogP contribution in [0.5, 0.6) is 0 Å². The van der Waals surface area contributed by atoms with Crippen molar-refractivity contribution >= 4 is 15.9 Å². The van der Waals surface area contributed by atoms with Crippen LogP contribution in [0, 0.1) is 5.41 Å². The van der Waals surface area contributed by atoms with E-state index in [9.17, 15) is 0 Å². The zero-order valence-corrected chi connectivity index (χ0v) is 11.2. The van der Waals surface area contributed by atoms with Crippen molar-refractivity contribution in [3.05, 3.63) is 34.3 Å². The van der Waals surface area contributed by atoms with Crippen LogP contribution >= 0.6 is 15.9 Å². The highest BCUT2D eigenvalue weighted by atomic mass is 79.9. The molecule has 1 atom stereocenters. The lowest BCUT2D eigenvalue weighted by atomic mass is 9.70. The second-order valence-corrected chi connectivity index (χ2v) is 6.42. The quantitative estimate of drug-likeness (QED) is 0.661. The molecule has 1 saturated carbocycles. The molecule has 0 N–H and O–H groups in total. The van der Waals surface area contributed by atoms with E-state index in [4.69, 9.17) is 0 Å². The Hall–Kier alpha value is -0.300. The van der Waals surface area contributed by atoms with E-state index in [2.05, 4.69) is 54.0 Å². The van der Waals surface area contributed by atoms with Crippen molar-refractivity contribution in [1.82, 2.24) is 0 Å². The van der Waals surface area contributed by atoms with Crippen molar-refractivity contribution in [1.29, 1.82) is 0 Å². The van der Waals surface area contributed by atoms with Crippen LogP contribution in [0.4, 0.5) is 0 Å². The first-order valence-electron chi connectivity index (χ1n) is 5.82. The van der Waals surface area contributed by atoms with Gasteiger partial charge in [0.25, 0.3) is 0 Å². The number of hydrogen-bond donors (Lipinski definition) is 0. The van der Waals surface area contributed by atoms with E-state index in [0.29, 0.717) is 5.41 Å². The van der Waals surface area contributed by atoms with Crippen molar-refractivity contribution in [2.45, 2.75) is 45.4 Å². The first-order valence-corrected chi connectivity index (χ1v) is 6.62. The summed E-state index contributed by atoms with van der Waals surface area (Å²) >= 11 is 3.49. The van der Waals surface area contributed by atoms with Gasteiger partial charge in [0.15, 0.2) is 0 Å². The summed E-state index contributed by atoms with van der Waals surface area (Å²) < 4.78 is 1.18. The van der Waals surface area contributed by atoms with E-state index < -0.39 is 0 Å². The van der Waals surface area contributed by atoms with Crippen LogP contribution in [-0.4, -0.2) is 0 Å². The Morgan fingerprint density at radius 3 is 2.47 bits per heavy atom. The molecule has 0 saturated heterocycles. The van der Waals surface area contributed by atoms with Crippen LogP contribution in [0.3, 0.4) is 0 Å². The molecule has 0 aromatic heterocycles. The Balaban J connectivity index is 2.13. The minimum Gasteiger partial charge on any atom is -0.0599 e. The summed E-state index contributed by atoms with van der Waals surface area (Å²) in [4.78, 5) is 0. The Kier molecular flexibility index (Phi) is 3.20. The van der Waals surface area contributed by atoms with E-state index in [-0.39, 0.29) is 0 Å². The Bertz CT molecular complexity index is 324. The van der Waals surface area contributed by atoms with Gasteiger partial charge in [0, 0.05) is 4.47 Å². The van der Waals surface area contributed by atoms with Crippen LogP contribution in [-0.2, 0) is 0 Å². The number of rotatable bonds is 1. The van der Waals surface area contributed by atoms with Crippen molar-refractivity contribution < 1.29 is 0 Å². The third-order valence-corrected chi connectivity index (χ3v) is 4.08. The molecule has 1 fully saturated rings. The van der Waals surface area contributed by atoms with Crippen LogP contribution in [0.2, 0.25) is 0 Å². The summed E-state index contributed by atoms with van der Waals surface area (Å²) in [5, 5.41) is 0.